The summed E-state index contributed by atoms with van der Waals surface area (Å²) in [6.45, 7) is 8.47. The zero-order chi connectivity index (χ0) is 13.3. The number of rotatable bonds is 6. The van der Waals surface area contributed by atoms with Crippen LogP contribution in [0.15, 0.2) is 24.8 Å². The Morgan fingerprint density at radius 3 is 2.53 bits per heavy atom. The van der Waals surface area contributed by atoms with Crippen molar-refractivity contribution in [3.8, 4) is 0 Å². The lowest BCUT2D eigenvalue weighted by atomic mass is 10.3. The van der Waals surface area contributed by atoms with Gasteiger partial charge in [0.15, 0.2) is 0 Å². The van der Waals surface area contributed by atoms with Crippen LogP contribution in [0.3, 0.4) is 0 Å². The van der Waals surface area contributed by atoms with Crippen molar-refractivity contribution in [2.75, 3.05) is 13.2 Å². The van der Waals surface area contributed by atoms with E-state index in [1.807, 2.05) is 0 Å². The van der Waals surface area contributed by atoms with Crippen molar-refractivity contribution in [1.82, 2.24) is 10.6 Å². The summed E-state index contributed by atoms with van der Waals surface area (Å²) >= 11 is 0. The van der Waals surface area contributed by atoms with Crippen LogP contribution in [0.5, 0.6) is 0 Å². The molecule has 0 atom stereocenters. The number of nitrogens with one attached hydrogen (secondary N) is 2. The maximum Gasteiger partial charge on any atom is 0.333 e. The van der Waals surface area contributed by atoms with Crippen molar-refractivity contribution in [2.45, 2.75) is 13.3 Å². The molecular weight excluding hydrogens is 224 g/mol. The number of hydrogen-bond acceptors (Lipinski definition) is 4. The van der Waals surface area contributed by atoms with Gasteiger partial charge >= 0.3 is 12.0 Å². The smallest absolute Gasteiger partial charge is 0.333 e. The minimum atomic E-state index is -0.610. The molecule has 2 N–H and O–H groups in total. The predicted octanol–water partition coefficient (Wildman–Crippen LogP) is 0.508. The monoisotopic (exact) mass is 240 g/mol. The lowest BCUT2D eigenvalue weighted by molar-refractivity contribution is -0.139. The van der Waals surface area contributed by atoms with Gasteiger partial charge in [0.05, 0.1) is 6.42 Å². The van der Waals surface area contributed by atoms with E-state index < -0.39 is 17.9 Å². The summed E-state index contributed by atoms with van der Waals surface area (Å²) in [5, 5.41) is 4.44. The van der Waals surface area contributed by atoms with E-state index in [4.69, 9.17) is 0 Å². The first-order chi connectivity index (χ1) is 7.97. The third-order valence-electron chi connectivity index (χ3n) is 1.57. The van der Waals surface area contributed by atoms with Crippen molar-refractivity contribution in [2.24, 2.45) is 0 Å². The Morgan fingerprint density at radius 1 is 1.35 bits per heavy atom. The highest BCUT2D eigenvalue weighted by Crippen LogP contribution is 1.93. The second-order valence-electron chi connectivity index (χ2n) is 3.21. The van der Waals surface area contributed by atoms with Gasteiger partial charge in [-0.3, -0.25) is 10.1 Å². The molecule has 0 saturated heterocycles. The molecule has 3 amide bonds. The number of ether oxygens (including phenoxy) is 1. The molecule has 6 heteroatoms. The number of urea groups is 1. The van der Waals surface area contributed by atoms with E-state index in [0.717, 1.165) is 0 Å². The van der Waals surface area contributed by atoms with Crippen molar-refractivity contribution < 1.29 is 19.1 Å². The van der Waals surface area contributed by atoms with Crippen LogP contribution in [0.4, 0.5) is 4.79 Å². The Kier molecular flexibility index (Phi) is 7.09. The summed E-state index contributed by atoms with van der Waals surface area (Å²) < 4.78 is 4.69. The average molecular weight is 240 g/mol. The average Bonchev–Trinajstić information content (AvgIpc) is 2.25. The Bertz CT molecular complexity index is 336. The van der Waals surface area contributed by atoms with Gasteiger partial charge in [0.2, 0.25) is 5.91 Å². The molecule has 0 aliphatic heterocycles. The Morgan fingerprint density at radius 2 is 2.00 bits per heavy atom. The Balaban J connectivity index is 3.73. The highest BCUT2D eigenvalue weighted by Gasteiger charge is 2.08. The van der Waals surface area contributed by atoms with Crippen LogP contribution in [-0.4, -0.2) is 31.1 Å². The number of carbonyl (C=O) groups is 3. The second-order valence-corrected chi connectivity index (χ2v) is 3.21. The van der Waals surface area contributed by atoms with E-state index in [0.29, 0.717) is 0 Å². The van der Waals surface area contributed by atoms with Crippen LogP contribution >= 0.6 is 0 Å². The molecule has 0 saturated carbocycles. The summed E-state index contributed by atoms with van der Waals surface area (Å²) in [5.74, 6) is -1.09. The first-order valence-electron chi connectivity index (χ1n) is 4.98. The molecule has 0 radical (unpaired) electrons. The number of carbonyl (C=O) groups excluding carboxylic acids is 3. The Labute approximate surface area is 99.7 Å². The summed E-state index contributed by atoms with van der Waals surface area (Å²) in [5.41, 5.74) is 0.258. The Hall–Kier alpha value is -2.11. The fourth-order valence-corrected chi connectivity index (χ4v) is 0.758. The highest BCUT2D eigenvalue weighted by molar-refractivity contribution is 5.94. The maximum absolute atomic E-state index is 11.2. The minimum absolute atomic E-state index is 0.0828. The van der Waals surface area contributed by atoms with Crippen LogP contribution in [0.1, 0.15) is 13.3 Å². The summed E-state index contributed by atoms with van der Waals surface area (Å²) in [4.78, 5) is 33.1. The standard InChI is InChI=1S/C11H16N2O4/c1-4-6-12-11(16)13-9(14)5-7-17-10(15)8(2)3/h4H,1-2,5-7H2,3H3,(H2,12,13,14,16). The van der Waals surface area contributed by atoms with Gasteiger partial charge in [-0.15, -0.1) is 6.58 Å². The lowest BCUT2D eigenvalue weighted by Gasteiger charge is -2.05. The normalized spacial score (nSPS) is 9.00. The summed E-state index contributed by atoms with van der Waals surface area (Å²) in [6, 6.07) is -0.610. The van der Waals surface area contributed by atoms with Gasteiger partial charge in [-0.2, -0.15) is 0 Å². The van der Waals surface area contributed by atoms with Gasteiger partial charge in [0.25, 0.3) is 0 Å². The van der Waals surface area contributed by atoms with Crippen molar-refractivity contribution >= 4 is 17.9 Å². The third-order valence-corrected chi connectivity index (χ3v) is 1.57. The summed E-state index contributed by atoms with van der Waals surface area (Å²) in [7, 11) is 0. The zero-order valence-electron chi connectivity index (χ0n) is 9.75. The number of amides is 3. The van der Waals surface area contributed by atoms with Crippen LogP contribution in [0, 0.1) is 0 Å². The van der Waals surface area contributed by atoms with Crippen LogP contribution in [-0.2, 0) is 14.3 Å². The molecule has 94 valence electrons. The molecule has 0 rings (SSSR count). The molecule has 0 heterocycles. The second kappa shape index (κ2) is 8.09. The van der Waals surface area contributed by atoms with Gasteiger partial charge < -0.3 is 10.1 Å². The summed E-state index contributed by atoms with van der Waals surface area (Å²) in [6.07, 6.45) is 1.40. The van der Waals surface area contributed by atoms with Gasteiger partial charge in [0, 0.05) is 12.1 Å². The first-order valence-corrected chi connectivity index (χ1v) is 4.98. The molecule has 0 unspecified atom stereocenters. The van der Waals surface area contributed by atoms with E-state index in [-0.39, 0.29) is 25.1 Å². The lowest BCUT2D eigenvalue weighted by Crippen LogP contribution is -2.39. The van der Waals surface area contributed by atoms with Crippen LogP contribution in [0.25, 0.3) is 0 Å². The topological polar surface area (TPSA) is 84.5 Å². The van der Waals surface area contributed by atoms with E-state index in [2.05, 4.69) is 28.5 Å². The van der Waals surface area contributed by atoms with Crippen LogP contribution < -0.4 is 10.6 Å². The number of imide groups is 1. The SMILES string of the molecule is C=CCNC(=O)NC(=O)CCOC(=O)C(=C)C. The fraction of sp³-hybridized carbons (Fsp3) is 0.364. The largest absolute Gasteiger partial charge is 0.462 e. The van der Waals surface area contributed by atoms with E-state index in [1.165, 1.54) is 13.0 Å². The first kappa shape index (κ1) is 14.9. The molecule has 0 aromatic carbocycles. The molecule has 0 bridgehead atoms. The van der Waals surface area contributed by atoms with Gasteiger partial charge in [-0.05, 0) is 6.92 Å². The number of hydrogen-bond donors (Lipinski definition) is 2. The predicted molar refractivity (Wildman–Crippen MR) is 62.1 cm³/mol. The van der Waals surface area contributed by atoms with E-state index >= 15 is 0 Å². The van der Waals surface area contributed by atoms with Gasteiger partial charge in [-0.1, -0.05) is 12.7 Å². The molecule has 0 aromatic heterocycles. The molecule has 0 fully saturated rings. The van der Waals surface area contributed by atoms with Crippen molar-refractivity contribution in [3.63, 3.8) is 0 Å². The van der Waals surface area contributed by atoms with E-state index in [1.54, 1.807) is 0 Å². The van der Waals surface area contributed by atoms with Gasteiger partial charge in [0.1, 0.15) is 6.61 Å². The van der Waals surface area contributed by atoms with Crippen molar-refractivity contribution in [1.29, 1.82) is 0 Å². The van der Waals surface area contributed by atoms with Crippen molar-refractivity contribution in [3.05, 3.63) is 24.8 Å². The fourth-order valence-electron chi connectivity index (χ4n) is 0.758. The molecule has 0 aromatic rings. The quantitative estimate of drug-likeness (QED) is 0.402. The maximum atomic E-state index is 11.2. The molecular formula is C11H16N2O4. The van der Waals surface area contributed by atoms with E-state index in [9.17, 15) is 14.4 Å². The van der Waals surface area contributed by atoms with Gasteiger partial charge in [-0.25, -0.2) is 9.59 Å². The molecule has 0 aliphatic carbocycles. The minimum Gasteiger partial charge on any atom is -0.462 e. The zero-order valence-corrected chi connectivity index (χ0v) is 9.75. The highest BCUT2D eigenvalue weighted by atomic mass is 16.5. The third kappa shape index (κ3) is 7.78. The molecule has 0 aliphatic rings. The molecule has 6 nitrogen and oxygen atoms in total. The molecule has 0 spiro atoms. The molecule has 17 heavy (non-hydrogen) atoms. The van der Waals surface area contributed by atoms with Crippen LogP contribution in [0.2, 0.25) is 0 Å². The number of esters is 1.